The highest BCUT2D eigenvalue weighted by Crippen LogP contribution is 2.33. The lowest BCUT2D eigenvalue weighted by molar-refractivity contribution is -0.146. The molecule has 0 heterocycles. The van der Waals surface area contributed by atoms with Gasteiger partial charge in [-0.05, 0) is 36.1 Å². The molecule has 0 saturated heterocycles. The number of halogens is 2. The molecule has 5 heteroatoms. The number of nitrogens with two attached hydrogens (primary N) is 1. The first-order valence-electron chi connectivity index (χ1n) is 5.23. The van der Waals surface area contributed by atoms with Crippen LogP contribution in [0.3, 0.4) is 0 Å². The topological polar surface area (TPSA) is 52.3 Å². The van der Waals surface area contributed by atoms with E-state index in [2.05, 4.69) is 0 Å². The Morgan fingerprint density at radius 2 is 2.24 bits per heavy atom. The molecule has 0 amide bonds. The number of benzene rings is 1. The van der Waals surface area contributed by atoms with Crippen LogP contribution in [0.4, 0.5) is 0 Å². The van der Waals surface area contributed by atoms with Gasteiger partial charge in [0.25, 0.3) is 0 Å². The second kappa shape index (κ2) is 5.71. The average Bonchev–Trinajstić information content (AvgIpc) is 2.27. The second-order valence-corrected chi connectivity index (χ2v) is 4.55. The molecule has 2 rings (SSSR count). The lowest BCUT2D eigenvalue weighted by Crippen LogP contribution is -2.29. The molecule has 0 aliphatic heterocycles. The van der Waals surface area contributed by atoms with Gasteiger partial charge in [-0.15, -0.1) is 12.4 Å². The second-order valence-electron chi connectivity index (χ2n) is 4.11. The molecule has 1 aliphatic carbocycles. The van der Waals surface area contributed by atoms with Crippen molar-refractivity contribution in [1.29, 1.82) is 0 Å². The van der Waals surface area contributed by atoms with Crippen LogP contribution in [0.2, 0.25) is 5.02 Å². The van der Waals surface area contributed by atoms with Gasteiger partial charge in [-0.25, -0.2) is 0 Å². The predicted molar refractivity (Wildman–Crippen MR) is 69.5 cm³/mol. The van der Waals surface area contributed by atoms with Crippen LogP contribution < -0.4 is 5.73 Å². The molecule has 17 heavy (non-hydrogen) atoms. The number of esters is 1. The average molecular weight is 276 g/mol. The van der Waals surface area contributed by atoms with Crippen molar-refractivity contribution in [3.63, 3.8) is 0 Å². The van der Waals surface area contributed by atoms with E-state index in [1.165, 1.54) is 7.11 Å². The van der Waals surface area contributed by atoms with Crippen LogP contribution in [0.1, 0.15) is 23.6 Å². The number of hydrogen-bond acceptors (Lipinski definition) is 3. The fourth-order valence-electron chi connectivity index (χ4n) is 2.24. The Balaban J connectivity index is 0.00000144. The smallest absolute Gasteiger partial charge is 0.309 e. The minimum Gasteiger partial charge on any atom is -0.469 e. The monoisotopic (exact) mass is 275 g/mol. The minimum atomic E-state index is -0.193. The fraction of sp³-hybridized carbons (Fsp3) is 0.417. The Bertz CT molecular complexity index is 423. The van der Waals surface area contributed by atoms with Gasteiger partial charge in [0.2, 0.25) is 0 Å². The van der Waals surface area contributed by atoms with E-state index in [9.17, 15) is 4.79 Å². The summed E-state index contributed by atoms with van der Waals surface area (Å²) in [4.78, 5) is 11.5. The number of carbonyl (C=O) groups excluding carboxylic acids is 1. The first-order valence-corrected chi connectivity index (χ1v) is 5.61. The standard InChI is InChI=1S/C12H14ClNO2.ClH/c1-16-12(15)8-4-7-5-9(13)2-3-10(7)11(14)6-8;/h2-3,5,8,11H,4,6,14H2,1H3;1H/t8-,11+;/m1./s1. The summed E-state index contributed by atoms with van der Waals surface area (Å²) in [5.41, 5.74) is 8.17. The molecule has 2 atom stereocenters. The summed E-state index contributed by atoms with van der Waals surface area (Å²) in [7, 11) is 1.40. The molecular formula is C12H15Cl2NO2. The summed E-state index contributed by atoms with van der Waals surface area (Å²) in [6, 6.07) is 5.55. The van der Waals surface area contributed by atoms with Gasteiger partial charge in [0.1, 0.15) is 0 Å². The van der Waals surface area contributed by atoms with Crippen molar-refractivity contribution in [1.82, 2.24) is 0 Å². The lowest BCUT2D eigenvalue weighted by atomic mass is 9.81. The molecule has 1 aromatic carbocycles. The Kier molecular flexibility index (Phi) is 4.80. The van der Waals surface area contributed by atoms with Crippen molar-refractivity contribution in [3.8, 4) is 0 Å². The molecular weight excluding hydrogens is 261 g/mol. The number of hydrogen-bond donors (Lipinski definition) is 1. The third-order valence-corrected chi connectivity index (χ3v) is 3.28. The number of carbonyl (C=O) groups is 1. The van der Waals surface area contributed by atoms with E-state index in [1.807, 2.05) is 18.2 Å². The van der Waals surface area contributed by atoms with E-state index in [-0.39, 0.29) is 30.3 Å². The Hall–Kier alpha value is -0.770. The zero-order valence-electron chi connectivity index (χ0n) is 9.48. The normalized spacial score (nSPS) is 22.3. The van der Waals surface area contributed by atoms with Crippen molar-refractivity contribution >= 4 is 30.0 Å². The summed E-state index contributed by atoms with van der Waals surface area (Å²) >= 11 is 5.93. The Morgan fingerprint density at radius 1 is 1.53 bits per heavy atom. The van der Waals surface area contributed by atoms with Crippen LogP contribution in [-0.2, 0) is 16.0 Å². The van der Waals surface area contributed by atoms with Crippen LogP contribution in [0.5, 0.6) is 0 Å². The van der Waals surface area contributed by atoms with Crippen LogP contribution in [-0.4, -0.2) is 13.1 Å². The SMILES string of the molecule is COC(=O)[C@@H]1Cc2cc(Cl)ccc2[C@@H](N)C1.Cl. The van der Waals surface area contributed by atoms with Gasteiger partial charge in [0.05, 0.1) is 13.0 Å². The zero-order valence-corrected chi connectivity index (χ0v) is 11.1. The number of methoxy groups -OCH3 is 1. The summed E-state index contributed by atoms with van der Waals surface area (Å²) in [5, 5.41) is 0.677. The van der Waals surface area contributed by atoms with Gasteiger partial charge >= 0.3 is 5.97 Å². The predicted octanol–water partition coefficient (Wildman–Crippen LogP) is 2.50. The van der Waals surface area contributed by atoms with E-state index < -0.39 is 0 Å². The highest BCUT2D eigenvalue weighted by Gasteiger charge is 2.29. The first-order chi connectivity index (χ1) is 7.61. The molecule has 2 N–H and O–H groups in total. The summed E-state index contributed by atoms with van der Waals surface area (Å²) in [5.74, 6) is -0.341. The number of fused-ring (bicyclic) bond motifs is 1. The first kappa shape index (κ1) is 14.3. The van der Waals surface area contributed by atoms with Crippen molar-refractivity contribution in [2.24, 2.45) is 11.7 Å². The molecule has 0 bridgehead atoms. The van der Waals surface area contributed by atoms with E-state index in [0.29, 0.717) is 17.9 Å². The third-order valence-electron chi connectivity index (χ3n) is 3.04. The molecule has 0 radical (unpaired) electrons. The molecule has 0 saturated carbocycles. The molecule has 1 aromatic rings. The Labute approximate surface area is 112 Å². The molecule has 0 aromatic heterocycles. The molecule has 94 valence electrons. The number of rotatable bonds is 1. The molecule has 0 fully saturated rings. The maximum absolute atomic E-state index is 11.5. The van der Waals surface area contributed by atoms with Crippen molar-refractivity contribution < 1.29 is 9.53 Å². The molecule has 0 unspecified atom stereocenters. The van der Waals surface area contributed by atoms with Gasteiger partial charge in [-0.3, -0.25) is 4.79 Å². The van der Waals surface area contributed by atoms with Gasteiger partial charge in [0.15, 0.2) is 0 Å². The van der Waals surface area contributed by atoms with Crippen LogP contribution in [0.25, 0.3) is 0 Å². The van der Waals surface area contributed by atoms with Crippen LogP contribution >= 0.6 is 24.0 Å². The van der Waals surface area contributed by atoms with Gasteiger partial charge < -0.3 is 10.5 Å². The number of ether oxygens (including phenoxy) is 1. The minimum absolute atomic E-state index is 0. The van der Waals surface area contributed by atoms with Gasteiger partial charge in [-0.1, -0.05) is 17.7 Å². The van der Waals surface area contributed by atoms with Crippen LogP contribution in [0.15, 0.2) is 18.2 Å². The summed E-state index contributed by atoms with van der Waals surface area (Å²) in [6.07, 6.45) is 1.30. The van der Waals surface area contributed by atoms with Gasteiger partial charge in [-0.2, -0.15) is 0 Å². The molecule has 0 spiro atoms. The highest BCUT2D eigenvalue weighted by atomic mass is 35.5. The van der Waals surface area contributed by atoms with Crippen molar-refractivity contribution in [3.05, 3.63) is 34.3 Å². The summed E-state index contributed by atoms with van der Waals surface area (Å²) < 4.78 is 4.76. The van der Waals surface area contributed by atoms with Crippen molar-refractivity contribution in [2.75, 3.05) is 7.11 Å². The van der Waals surface area contributed by atoms with Gasteiger partial charge in [0, 0.05) is 11.1 Å². The lowest BCUT2D eigenvalue weighted by Gasteiger charge is -2.27. The molecule has 1 aliphatic rings. The van der Waals surface area contributed by atoms with Crippen molar-refractivity contribution in [2.45, 2.75) is 18.9 Å². The maximum Gasteiger partial charge on any atom is 0.309 e. The van der Waals surface area contributed by atoms with E-state index in [4.69, 9.17) is 22.1 Å². The zero-order chi connectivity index (χ0) is 11.7. The highest BCUT2D eigenvalue weighted by molar-refractivity contribution is 6.30. The molecule has 3 nitrogen and oxygen atoms in total. The fourth-order valence-corrected chi connectivity index (χ4v) is 2.44. The third kappa shape index (κ3) is 2.92. The van der Waals surface area contributed by atoms with E-state index >= 15 is 0 Å². The maximum atomic E-state index is 11.5. The quantitative estimate of drug-likeness (QED) is 0.802. The Morgan fingerprint density at radius 3 is 2.88 bits per heavy atom. The van der Waals surface area contributed by atoms with E-state index in [1.54, 1.807) is 0 Å². The van der Waals surface area contributed by atoms with Crippen LogP contribution in [0, 0.1) is 5.92 Å². The largest absolute Gasteiger partial charge is 0.469 e. The van der Waals surface area contributed by atoms with E-state index in [0.717, 1.165) is 11.1 Å². The summed E-state index contributed by atoms with van der Waals surface area (Å²) in [6.45, 7) is 0.